The van der Waals surface area contributed by atoms with Crippen LogP contribution >= 0.6 is 11.3 Å². The largest absolute Gasteiger partial charge is 0.376 e. The molecule has 1 N–H and O–H groups in total. The molecule has 1 aliphatic heterocycles. The summed E-state index contributed by atoms with van der Waals surface area (Å²) in [4.78, 5) is 21.1. The molecule has 2 heterocycles. The Bertz CT molecular complexity index is 545. The highest BCUT2D eigenvalue weighted by atomic mass is 32.1. The van der Waals surface area contributed by atoms with Crippen molar-refractivity contribution in [3.63, 3.8) is 0 Å². The highest BCUT2D eigenvalue weighted by Gasteiger charge is 2.55. The van der Waals surface area contributed by atoms with Gasteiger partial charge in [0.25, 0.3) is 5.91 Å². The molecule has 3 rings (SSSR count). The van der Waals surface area contributed by atoms with E-state index in [1.807, 2.05) is 33.6 Å². The van der Waals surface area contributed by atoms with Gasteiger partial charge in [-0.25, -0.2) is 4.98 Å². The molecule has 0 unspecified atom stereocenters. The van der Waals surface area contributed by atoms with Crippen LogP contribution in [0.3, 0.4) is 0 Å². The minimum Gasteiger partial charge on any atom is -0.376 e. The summed E-state index contributed by atoms with van der Waals surface area (Å²) in [5.41, 5.74) is 0.529. The summed E-state index contributed by atoms with van der Waals surface area (Å²) in [6, 6.07) is 0.422. The second kappa shape index (κ2) is 6.23. The van der Waals surface area contributed by atoms with E-state index in [0.717, 1.165) is 24.6 Å². The van der Waals surface area contributed by atoms with E-state index < -0.39 is 0 Å². The fraction of sp³-hybridized carbons (Fsp3) is 0.733. The lowest BCUT2D eigenvalue weighted by Crippen LogP contribution is -2.69. The molecule has 2 aliphatic rings. The van der Waals surface area contributed by atoms with Gasteiger partial charge in [0.1, 0.15) is 10.7 Å². The quantitative estimate of drug-likeness (QED) is 0.862. The van der Waals surface area contributed by atoms with Crippen molar-refractivity contribution in [2.24, 2.45) is 5.92 Å². The lowest BCUT2D eigenvalue weighted by atomic mass is 9.71. The summed E-state index contributed by atoms with van der Waals surface area (Å²) in [6.45, 7) is 1.57. The van der Waals surface area contributed by atoms with Crippen LogP contribution in [-0.2, 0) is 11.3 Å². The maximum Gasteiger partial charge on any atom is 0.271 e. The van der Waals surface area contributed by atoms with Gasteiger partial charge in [-0.2, -0.15) is 0 Å². The zero-order chi connectivity index (χ0) is 15.9. The summed E-state index contributed by atoms with van der Waals surface area (Å²) in [6.07, 6.45) is 1.29. The zero-order valence-electron chi connectivity index (χ0n) is 13.6. The van der Waals surface area contributed by atoms with Crippen molar-refractivity contribution in [3.05, 3.63) is 16.1 Å². The molecule has 1 aromatic rings. The molecule has 22 heavy (non-hydrogen) atoms. The van der Waals surface area contributed by atoms with Gasteiger partial charge >= 0.3 is 0 Å². The smallest absolute Gasteiger partial charge is 0.271 e. The third kappa shape index (κ3) is 2.90. The first-order chi connectivity index (χ1) is 10.5. The number of likely N-dealkylation sites (N-methyl/N-ethyl adjacent to an activating group) is 1. The topological polar surface area (TPSA) is 57.7 Å². The van der Waals surface area contributed by atoms with E-state index in [1.54, 1.807) is 0 Å². The van der Waals surface area contributed by atoms with E-state index in [-0.39, 0.29) is 24.1 Å². The number of fused-ring (bicyclic) bond motifs is 1. The summed E-state index contributed by atoms with van der Waals surface area (Å²) >= 11 is 1.54. The Morgan fingerprint density at radius 2 is 2.23 bits per heavy atom. The van der Waals surface area contributed by atoms with Gasteiger partial charge in [-0.1, -0.05) is 0 Å². The molecule has 7 heteroatoms. The molecule has 0 aromatic carbocycles. The Kier molecular flexibility index (Phi) is 4.49. The number of rotatable bonds is 5. The highest BCUT2D eigenvalue weighted by molar-refractivity contribution is 7.09. The van der Waals surface area contributed by atoms with Gasteiger partial charge in [-0.15, -0.1) is 11.3 Å². The average Bonchev–Trinajstić information content (AvgIpc) is 3.02. The number of thiazole rings is 1. The van der Waals surface area contributed by atoms with E-state index >= 15 is 0 Å². The van der Waals surface area contributed by atoms with Crippen LogP contribution in [0, 0.1) is 5.92 Å². The predicted octanol–water partition coefficient (Wildman–Crippen LogP) is 0.652. The number of ether oxygens (including phenoxy) is 1. The van der Waals surface area contributed by atoms with Crippen molar-refractivity contribution in [3.8, 4) is 0 Å². The van der Waals surface area contributed by atoms with E-state index in [0.29, 0.717) is 11.6 Å². The second-order valence-corrected chi connectivity index (χ2v) is 7.55. The SMILES string of the molecule is CN(C)Cc1nc(C(=O)N[C@@H]2[C@@H]3CCO[C@@H]3[C@H]2N(C)C)cs1. The first-order valence-electron chi connectivity index (χ1n) is 7.65. The first kappa shape index (κ1) is 15.9. The van der Waals surface area contributed by atoms with Crippen LogP contribution in [0.5, 0.6) is 0 Å². The molecule has 6 nitrogen and oxygen atoms in total. The second-order valence-electron chi connectivity index (χ2n) is 6.61. The molecular weight excluding hydrogens is 300 g/mol. The summed E-state index contributed by atoms with van der Waals surface area (Å²) in [5, 5.41) is 5.99. The number of carbonyl (C=O) groups is 1. The van der Waals surface area contributed by atoms with Crippen molar-refractivity contribution in [2.75, 3.05) is 34.8 Å². The van der Waals surface area contributed by atoms with Gasteiger partial charge < -0.3 is 19.9 Å². The van der Waals surface area contributed by atoms with E-state index in [4.69, 9.17) is 4.74 Å². The fourth-order valence-electron chi connectivity index (χ4n) is 3.47. The maximum absolute atomic E-state index is 12.5. The lowest BCUT2D eigenvalue weighted by Gasteiger charge is -2.50. The van der Waals surface area contributed by atoms with Crippen molar-refractivity contribution in [2.45, 2.75) is 31.2 Å². The van der Waals surface area contributed by atoms with E-state index in [2.05, 4.69) is 20.1 Å². The molecule has 1 saturated heterocycles. The molecular formula is C15H24N4O2S. The predicted molar refractivity (Wildman–Crippen MR) is 86.1 cm³/mol. The van der Waals surface area contributed by atoms with Gasteiger partial charge in [0, 0.05) is 24.4 Å². The van der Waals surface area contributed by atoms with Crippen LogP contribution in [0.15, 0.2) is 5.38 Å². The lowest BCUT2D eigenvalue weighted by molar-refractivity contribution is -0.0664. The first-order valence-corrected chi connectivity index (χ1v) is 8.53. The number of hydrogen-bond donors (Lipinski definition) is 1. The van der Waals surface area contributed by atoms with Crippen molar-refractivity contribution < 1.29 is 9.53 Å². The molecule has 1 aliphatic carbocycles. The highest BCUT2D eigenvalue weighted by Crippen LogP contribution is 2.41. The Morgan fingerprint density at radius 3 is 2.91 bits per heavy atom. The van der Waals surface area contributed by atoms with Crippen molar-refractivity contribution in [1.29, 1.82) is 0 Å². The summed E-state index contributed by atoms with van der Waals surface area (Å²) in [5.74, 6) is 0.375. The number of nitrogens with one attached hydrogen (secondary N) is 1. The molecule has 1 aromatic heterocycles. The summed E-state index contributed by atoms with van der Waals surface area (Å²) < 4.78 is 5.78. The van der Waals surface area contributed by atoms with Crippen LogP contribution in [0.4, 0.5) is 0 Å². The van der Waals surface area contributed by atoms with Crippen molar-refractivity contribution in [1.82, 2.24) is 20.1 Å². The van der Waals surface area contributed by atoms with Gasteiger partial charge in [0.05, 0.1) is 18.2 Å². The van der Waals surface area contributed by atoms with Crippen LogP contribution in [-0.4, -0.2) is 73.7 Å². The number of hydrogen-bond acceptors (Lipinski definition) is 6. The number of aromatic nitrogens is 1. The number of amides is 1. The monoisotopic (exact) mass is 324 g/mol. The van der Waals surface area contributed by atoms with Crippen LogP contribution in [0.25, 0.3) is 0 Å². The van der Waals surface area contributed by atoms with Gasteiger partial charge in [0.15, 0.2) is 0 Å². The standard InChI is InChI=1S/C15H24N4O2S/c1-18(2)7-11-16-10(8-22-11)15(20)17-12-9-5-6-21-14(9)13(12)19(3)4/h8-9,12-14H,5-7H2,1-4H3,(H,17,20)/t9-,12+,13-,14-/m0/s1. The molecule has 1 saturated carbocycles. The third-order valence-electron chi connectivity index (χ3n) is 4.48. The fourth-order valence-corrected chi connectivity index (χ4v) is 4.36. The summed E-state index contributed by atoms with van der Waals surface area (Å²) in [7, 11) is 8.08. The van der Waals surface area contributed by atoms with Gasteiger partial charge in [-0.3, -0.25) is 4.79 Å². The normalized spacial score (nSPS) is 30.5. The zero-order valence-corrected chi connectivity index (χ0v) is 14.4. The minimum absolute atomic E-state index is 0.0662. The Morgan fingerprint density at radius 1 is 1.45 bits per heavy atom. The van der Waals surface area contributed by atoms with Gasteiger partial charge in [0.2, 0.25) is 0 Å². The van der Waals surface area contributed by atoms with Crippen LogP contribution in [0.2, 0.25) is 0 Å². The molecule has 4 atom stereocenters. The number of carbonyl (C=O) groups excluding carboxylic acids is 1. The molecule has 122 valence electrons. The van der Waals surface area contributed by atoms with Crippen LogP contribution < -0.4 is 5.32 Å². The average molecular weight is 324 g/mol. The van der Waals surface area contributed by atoms with E-state index in [1.165, 1.54) is 11.3 Å². The number of nitrogens with zero attached hydrogens (tertiary/aromatic N) is 3. The Hall–Kier alpha value is -1.02. The molecule has 0 bridgehead atoms. The van der Waals surface area contributed by atoms with Crippen molar-refractivity contribution >= 4 is 17.2 Å². The van der Waals surface area contributed by atoms with Gasteiger partial charge in [-0.05, 0) is 34.6 Å². The molecule has 1 amide bonds. The Balaban J connectivity index is 1.64. The van der Waals surface area contributed by atoms with E-state index in [9.17, 15) is 4.79 Å². The molecule has 2 fully saturated rings. The third-order valence-corrected chi connectivity index (χ3v) is 5.31. The molecule has 0 spiro atoms. The molecule has 0 radical (unpaired) electrons. The van der Waals surface area contributed by atoms with Crippen LogP contribution in [0.1, 0.15) is 21.9 Å². The minimum atomic E-state index is -0.0662. The Labute approximate surface area is 135 Å². The maximum atomic E-state index is 12.5.